The van der Waals surface area contributed by atoms with Crippen molar-refractivity contribution in [3.05, 3.63) is 0 Å². The van der Waals surface area contributed by atoms with Crippen molar-refractivity contribution in [2.45, 2.75) is 64.9 Å². The summed E-state index contributed by atoms with van der Waals surface area (Å²) in [5.74, 6) is 0. The highest BCUT2D eigenvalue weighted by Gasteiger charge is 2.53. The molecule has 0 N–H and O–H groups in total. The van der Waals surface area contributed by atoms with Crippen molar-refractivity contribution in [1.82, 2.24) is 4.90 Å². The van der Waals surface area contributed by atoms with Gasteiger partial charge in [-0.1, -0.05) is 20.8 Å². The standard InChI is InChI=1S/C13H25NO2/c1-9-11-13(5,15-8-14(11)6)7-10(16-9)12(2,3)4/h9-11H,7-8H2,1-6H3/t9-,10?,11+,13-/m0/s1. The highest BCUT2D eigenvalue weighted by molar-refractivity contribution is 5.04. The van der Waals surface area contributed by atoms with Crippen LogP contribution in [0.3, 0.4) is 0 Å². The van der Waals surface area contributed by atoms with E-state index in [-0.39, 0.29) is 23.2 Å². The molecule has 2 aliphatic heterocycles. The largest absolute Gasteiger partial charge is 0.373 e. The van der Waals surface area contributed by atoms with Crippen LogP contribution in [0.25, 0.3) is 0 Å². The van der Waals surface area contributed by atoms with Crippen LogP contribution in [-0.4, -0.2) is 42.5 Å². The monoisotopic (exact) mass is 227 g/mol. The Kier molecular flexibility index (Phi) is 2.84. The highest BCUT2D eigenvalue weighted by atomic mass is 16.6. The van der Waals surface area contributed by atoms with Crippen LogP contribution in [-0.2, 0) is 9.47 Å². The maximum Gasteiger partial charge on any atom is 0.1000 e. The van der Waals surface area contributed by atoms with Gasteiger partial charge in [-0.2, -0.15) is 0 Å². The number of hydrogen-bond donors (Lipinski definition) is 0. The number of fused-ring (bicyclic) bond motifs is 1. The zero-order valence-corrected chi connectivity index (χ0v) is 11.4. The third-order valence-electron chi connectivity index (χ3n) is 4.08. The Hall–Kier alpha value is -0.120. The second kappa shape index (κ2) is 3.69. The van der Waals surface area contributed by atoms with E-state index in [0.717, 1.165) is 13.2 Å². The van der Waals surface area contributed by atoms with Gasteiger partial charge >= 0.3 is 0 Å². The van der Waals surface area contributed by atoms with Crippen LogP contribution in [0.2, 0.25) is 0 Å². The smallest absolute Gasteiger partial charge is 0.1000 e. The molecule has 0 aromatic rings. The van der Waals surface area contributed by atoms with Gasteiger partial charge in [0.1, 0.15) is 0 Å². The fraction of sp³-hybridized carbons (Fsp3) is 1.00. The summed E-state index contributed by atoms with van der Waals surface area (Å²) in [5.41, 5.74) is 0.150. The summed E-state index contributed by atoms with van der Waals surface area (Å²) >= 11 is 0. The molecule has 3 heteroatoms. The Morgan fingerprint density at radius 2 is 1.94 bits per heavy atom. The van der Waals surface area contributed by atoms with E-state index >= 15 is 0 Å². The average molecular weight is 227 g/mol. The van der Waals surface area contributed by atoms with E-state index in [9.17, 15) is 0 Å². The third kappa shape index (κ3) is 1.89. The van der Waals surface area contributed by atoms with Crippen molar-refractivity contribution >= 4 is 0 Å². The lowest BCUT2D eigenvalue weighted by Gasteiger charge is -2.48. The van der Waals surface area contributed by atoms with Gasteiger partial charge in [-0.3, -0.25) is 4.90 Å². The highest BCUT2D eigenvalue weighted by Crippen LogP contribution is 2.43. The second-order valence-corrected chi connectivity index (χ2v) is 6.69. The van der Waals surface area contributed by atoms with E-state index in [1.165, 1.54) is 0 Å². The topological polar surface area (TPSA) is 21.7 Å². The molecule has 0 amide bonds. The summed E-state index contributed by atoms with van der Waals surface area (Å²) in [6.07, 6.45) is 1.53. The molecule has 0 spiro atoms. The Morgan fingerprint density at radius 3 is 2.50 bits per heavy atom. The molecule has 0 aromatic carbocycles. The molecule has 3 nitrogen and oxygen atoms in total. The molecule has 2 fully saturated rings. The summed E-state index contributed by atoms with van der Waals surface area (Å²) in [5, 5.41) is 0. The van der Waals surface area contributed by atoms with Crippen molar-refractivity contribution in [3.8, 4) is 0 Å². The first-order valence-electron chi connectivity index (χ1n) is 6.24. The first-order chi connectivity index (χ1) is 7.24. The molecule has 0 aliphatic carbocycles. The van der Waals surface area contributed by atoms with Crippen LogP contribution in [0.15, 0.2) is 0 Å². The van der Waals surface area contributed by atoms with Gasteiger partial charge in [0.25, 0.3) is 0 Å². The zero-order valence-electron chi connectivity index (χ0n) is 11.4. The minimum atomic E-state index is -0.0373. The van der Waals surface area contributed by atoms with Crippen molar-refractivity contribution in [3.63, 3.8) is 0 Å². The van der Waals surface area contributed by atoms with Gasteiger partial charge in [-0.25, -0.2) is 0 Å². The number of likely N-dealkylation sites (N-methyl/N-ethyl adjacent to an activating group) is 1. The number of hydrogen-bond acceptors (Lipinski definition) is 3. The maximum atomic E-state index is 6.18. The molecule has 0 saturated carbocycles. The summed E-state index contributed by atoms with van der Waals surface area (Å²) in [6, 6.07) is 0.395. The van der Waals surface area contributed by atoms with Gasteiger partial charge in [-0.05, 0) is 26.3 Å². The Balaban J connectivity index is 2.20. The van der Waals surface area contributed by atoms with Crippen LogP contribution in [0.4, 0.5) is 0 Å². The van der Waals surface area contributed by atoms with Crippen LogP contribution < -0.4 is 0 Å². The molecule has 4 atom stereocenters. The van der Waals surface area contributed by atoms with Gasteiger partial charge in [0.15, 0.2) is 0 Å². The van der Waals surface area contributed by atoms with Crippen LogP contribution in [0.1, 0.15) is 41.0 Å². The van der Waals surface area contributed by atoms with E-state index in [1.54, 1.807) is 0 Å². The summed E-state index contributed by atoms with van der Waals surface area (Å²) < 4.78 is 12.2. The minimum absolute atomic E-state index is 0.0373. The summed E-state index contributed by atoms with van der Waals surface area (Å²) in [4.78, 5) is 2.27. The van der Waals surface area contributed by atoms with Crippen LogP contribution in [0, 0.1) is 5.41 Å². The molecular formula is C13H25NO2. The second-order valence-electron chi connectivity index (χ2n) is 6.69. The van der Waals surface area contributed by atoms with E-state index in [2.05, 4.69) is 46.6 Å². The minimum Gasteiger partial charge on any atom is -0.373 e. The van der Waals surface area contributed by atoms with Gasteiger partial charge in [-0.15, -0.1) is 0 Å². The van der Waals surface area contributed by atoms with Gasteiger partial charge in [0, 0.05) is 6.42 Å². The lowest BCUT2D eigenvalue weighted by atomic mass is 9.76. The van der Waals surface area contributed by atoms with Crippen LogP contribution in [0.5, 0.6) is 0 Å². The molecule has 0 bridgehead atoms. The van der Waals surface area contributed by atoms with Crippen molar-refractivity contribution < 1.29 is 9.47 Å². The zero-order chi connectivity index (χ0) is 12.1. The normalized spacial score (nSPS) is 45.8. The number of nitrogens with zero attached hydrogens (tertiary/aromatic N) is 1. The molecule has 0 aromatic heterocycles. The van der Waals surface area contributed by atoms with Gasteiger partial charge in [0.2, 0.25) is 0 Å². The number of rotatable bonds is 0. The molecule has 2 aliphatic rings. The van der Waals surface area contributed by atoms with E-state index in [0.29, 0.717) is 6.04 Å². The van der Waals surface area contributed by atoms with Crippen molar-refractivity contribution in [2.24, 2.45) is 5.41 Å². The molecular weight excluding hydrogens is 202 g/mol. The van der Waals surface area contributed by atoms with E-state index in [4.69, 9.17) is 9.47 Å². The summed E-state index contributed by atoms with van der Waals surface area (Å²) in [6.45, 7) is 11.9. The number of ether oxygens (including phenoxy) is 2. The molecule has 2 heterocycles. The van der Waals surface area contributed by atoms with E-state index < -0.39 is 0 Å². The molecule has 2 saturated heterocycles. The maximum absolute atomic E-state index is 6.18. The lowest BCUT2D eigenvalue weighted by molar-refractivity contribution is -0.170. The molecule has 0 radical (unpaired) electrons. The molecule has 16 heavy (non-hydrogen) atoms. The average Bonchev–Trinajstić information content (AvgIpc) is 2.41. The van der Waals surface area contributed by atoms with Crippen molar-refractivity contribution in [2.75, 3.05) is 13.8 Å². The molecule has 94 valence electrons. The Labute approximate surface area is 99.1 Å². The third-order valence-corrected chi connectivity index (χ3v) is 4.08. The summed E-state index contributed by atoms with van der Waals surface area (Å²) in [7, 11) is 2.12. The predicted molar refractivity (Wildman–Crippen MR) is 64.3 cm³/mol. The Bertz CT molecular complexity index is 274. The first kappa shape index (κ1) is 12.3. The fourth-order valence-corrected chi connectivity index (χ4v) is 3.18. The Morgan fingerprint density at radius 1 is 1.31 bits per heavy atom. The van der Waals surface area contributed by atoms with Crippen LogP contribution >= 0.6 is 0 Å². The molecule has 2 rings (SSSR count). The van der Waals surface area contributed by atoms with E-state index in [1.807, 2.05) is 0 Å². The SMILES string of the molecule is C[C@@H]1OC(C(C)(C)C)C[C@]2(C)OCN(C)[C@H]12. The predicted octanol–water partition coefficient (Wildman–Crippen LogP) is 2.26. The van der Waals surface area contributed by atoms with Gasteiger partial charge in [0.05, 0.1) is 30.6 Å². The first-order valence-corrected chi connectivity index (χ1v) is 6.24. The lowest BCUT2D eigenvalue weighted by Crippen LogP contribution is -2.58. The van der Waals surface area contributed by atoms with Gasteiger partial charge < -0.3 is 9.47 Å². The fourth-order valence-electron chi connectivity index (χ4n) is 3.18. The van der Waals surface area contributed by atoms with Crippen molar-refractivity contribution in [1.29, 1.82) is 0 Å². The molecule has 1 unspecified atom stereocenters. The quantitative estimate of drug-likeness (QED) is 0.633.